The molecule has 0 saturated heterocycles. The van der Waals surface area contributed by atoms with E-state index in [1.165, 1.54) is 15.3 Å². The zero-order valence-corrected chi connectivity index (χ0v) is 21.9. The molecule has 2 aromatic rings. The van der Waals surface area contributed by atoms with Gasteiger partial charge in [0.05, 0.1) is 11.9 Å². The Balaban J connectivity index is 2.17. The molecule has 0 aliphatic carbocycles. The van der Waals surface area contributed by atoms with E-state index < -0.39 is 21.9 Å². The molecule has 192 valence electrons. The number of carbonyl (C=O) groups excluding carboxylic acids is 2. The number of halogens is 1. The third kappa shape index (κ3) is 8.65. The predicted octanol–water partition coefficient (Wildman–Crippen LogP) is 3.87. The van der Waals surface area contributed by atoms with Gasteiger partial charge in [-0.3, -0.25) is 13.9 Å². The normalized spacial score (nSPS) is 12.3. The minimum Gasteiger partial charge on any atom is -0.354 e. The summed E-state index contributed by atoms with van der Waals surface area (Å²) in [5.74, 6) is -0.882. The smallest absolute Gasteiger partial charge is 0.242 e. The van der Waals surface area contributed by atoms with Crippen molar-refractivity contribution >= 4 is 27.5 Å². The van der Waals surface area contributed by atoms with Crippen LogP contribution in [0.25, 0.3) is 0 Å². The lowest BCUT2D eigenvalue weighted by Crippen LogP contribution is -2.48. The van der Waals surface area contributed by atoms with Gasteiger partial charge in [0.1, 0.15) is 11.9 Å². The van der Waals surface area contributed by atoms with E-state index >= 15 is 0 Å². The highest BCUT2D eigenvalue weighted by Gasteiger charge is 2.27. The molecule has 7 nitrogen and oxygen atoms in total. The molecule has 2 amide bonds. The van der Waals surface area contributed by atoms with Gasteiger partial charge in [-0.1, -0.05) is 44.2 Å². The highest BCUT2D eigenvalue weighted by Crippen LogP contribution is 2.20. The van der Waals surface area contributed by atoms with E-state index in [1.807, 2.05) is 26.8 Å². The Morgan fingerprint density at radius 1 is 1.06 bits per heavy atom. The molecule has 0 fully saturated rings. The molecule has 2 rings (SSSR count). The monoisotopic (exact) mass is 505 g/mol. The van der Waals surface area contributed by atoms with Crippen LogP contribution >= 0.6 is 0 Å². The quantitative estimate of drug-likeness (QED) is 0.475. The van der Waals surface area contributed by atoms with Crippen LogP contribution in [0.3, 0.4) is 0 Å². The molecule has 0 heterocycles. The number of rotatable bonds is 12. The molecule has 0 aromatic heterocycles. The van der Waals surface area contributed by atoms with Crippen LogP contribution in [0.4, 0.5) is 10.1 Å². The van der Waals surface area contributed by atoms with Gasteiger partial charge in [-0.15, -0.1) is 0 Å². The zero-order chi connectivity index (χ0) is 26.2. The van der Waals surface area contributed by atoms with Crippen molar-refractivity contribution in [3.8, 4) is 0 Å². The van der Waals surface area contributed by atoms with Gasteiger partial charge >= 0.3 is 0 Å². The van der Waals surface area contributed by atoms with Crippen molar-refractivity contribution in [1.29, 1.82) is 0 Å². The lowest BCUT2D eigenvalue weighted by Gasteiger charge is -2.30. The first-order chi connectivity index (χ1) is 16.4. The largest absolute Gasteiger partial charge is 0.354 e. The summed E-state index contributed by atoms with van der Waals surface area (Å²) in [7, 11) is -3.56. The fraction of sp³-hybridized carbons (Fsp3) is 0.462. The number of aryl methyl sites for hydroxylation is 1. The van der Waals surface area contributed by atoms with Crippen molar-refractivity contribution in [1.82, 2.24) is 10.2 Å². The molecule has 0 aliphatic heterocycles. The third-order valence-corrected chi connectivity index (χ3v) is 6.79. The second kappa shape index (κ2) is 12.7. The summed E-state index contributed by atoms with van der Waals surface area (Å²) in [4.78, 5) is 27.3. The molecule has 0 unspecified atom stereocenters. The predicted molar refractivity (Wildman–Crippen MR) is 137 cm³/mol. The van der Waals surface area contributed by atoms with Gasteiger partial charge in [0.2, 0.25) is 21.8 Å². The summed E-state index contributed by atoms with van der Waals surface area (Å²) >= 11 is 0. The fourth-order valence-electron chi connectivity index (χ4n) is 3.63. The standard InChI is InChI=1S/C26H36FN3O4S/c1-19(2)17-28-26(32)21(4)29(18-22-11-6-7-13-24(22)27)25(31)14-9-15-30(35(5,33)34)23-12-8-10-20(3)16-23/h6-8,10-13,16,19,21H,9,14-15,17-18H2,1-5H3,(H,28,32)/t21-/m1/s1. The van der Waals surface area contributed by atoms with E-state index in [2.05, 4.69) is 5.32 Å². The van der Waals surface area contributed by atoms with Crippen LogP contribution in [0.2, 0.25) is 0 Å². The molecule has 0 bridgehead atoms. The minimum atomic E-state index is -3.56. The van der Waals surface area contributed by atoms with Crippen LogP contribution in [0.1, 0.15) is 44.7 Å². The molecule has 9 heteroatoms. The summed E-state index contributed by atoms with van der Waals surface area (Å²) in [5, 5.41) is 2.82. The molecular formula is C26H36FN3O4S. The van der Waals surface area contributed by atoms with Crippen molar-refractivity contribution in [2.45, 2.75) is 53.1 Å². The first kappa shape index (κ1) is 28.3. The average molecular weight is 506 g/mol. The first-order valence-electron chi connectivity index (χ1n) is 11.7. The molecule has 0 spiro atoms. The van der Waals surface area contributed by atoms with E-state index in [0.717, 1.165) is 11.8 Å². The SMILES string of the molecule is Cc1cccc(N(CCCC(=O)N(Cc2ccccc2F)[C@H](C)C(=O)NCC(C)C)S(C)(=O)=O)c1. The highest BCUT2D eigenvalue weighted by atomic mass is 32.2. The van der Waals surface area contributed by atoms with Gasteiger partial charge in [-0.05, 0) is 49.9 Å². The number of amides is 2. The lowest BCUT2D eigenvalue weighted by molar-refractivity contribution is -0.140. The van der Waals surface area contributed by atoms with Crippen molar-refractivity contribution < 1.29 is 22.4 Å². The second-order valence-corrected chi connectivity index (χ2v) is 11.1. The number of hydrogen-bond acceptors (Lipinski definition) is 4. The van der Waals surface area contributed by atoms with Crippen LogP contribution in [0, 0.1) is 18.7 Å². The lowest BCUT2D eigenvalue weighted by atomic mass is 10.1. The Labute approximate surface area is 208 Å². The first-order valence-corrected chi connectivity index (χ1v) is 13.6. The molecule has 1 N–H and O–H groups in total. The van der Waals surface area contributed by atoms with Gasteiger partial charge in [0.15, 0.2) is 0 Å². The Hall–Kier alpha value is -2.94. The molecular weight excluding hydrogens is 469 g/mol. The maximum atomic E-state index is 14.3. The van der Waals surface area contributed by atoms with E-state index in [4.69, 9.17) is 0 Å². The number of carbonyl (C=O) groups is 2. The van der Waals surface area contributed by atoms with Crippen LogP contribution in [-0.4, -0.2) is 50.5 Å². The average Bonchev–Trinajstić information content (AvgIpc) is 2.78. The maximum absolute atomic E-state index is 14.3. The topological polar surface area (TPSA) is 86.8 Å². The van der Waals surface area contributed by atoms with Crippen LogP contribution in [-0.2, 0) is 26.2 Å². The van der Waals surface area contributed by atoms with Crippen LogP contribution in [0.5, 0.6) is 0 Å². The number of sulfonamides is 1. The van der Waals surface area contributed by atoms with Gasteiger partial charge in [-0.2, -0.15) is 0 Å². The number of benzene rings is 2. The number of hydrogen-bond donors (Lipinski definition) is 1. The van der Waals surface area contributed by atoms with Gasteiger partial charge in [0.25, 0.3) is 0 Å². The van der Waals surface area contributed by atoms with Crippen LogP contribution < -0.4 is 9.62 Å². The Morgan fingerprint density at radius 3 is 2.34 bits per heavy atom. The molecule has 1 atom stereocenters. The summed E-state index contributed by atoms with van der Waals surface area (Å²) in [5.41, 5.74) is 1.76. The van der Waals surface area contributed by atoms with Crippen molar-refractivity contribution in [3.05, 3.63) is 65.5 Å². The maximum Gasteiger partial charge on any atom is 0.242 e. The Bertz CT molecular complexity index is 1120. The summed E-state index contributed by atoms with van der Waals surface area (Å²) in [6, 6.07) is 12.5. The number of nitrogens with zero attached hydrogens (tertiary/aromatic N) is 2. The summed E-state index contributed by atoms with van der Waals surface area (Å²) < 4.78 is 40.4. The minimum absolute atomic E-state index is 0.00802. The fourth-order valence-corrected chi connectivity index (χ4v) is 4.59. The summed E-state index contributed by atoms with van der Waals surface area (Å²) in [6.45, 7) is 7.93. The van der Waals surface area contributed by atoms with E-state index in [1.54, 1.807) is 43.3 Å². The van der Waals surface area contributed by atoms with E-state index in [9.17, 15) is 22.4 Å². The molecule has 0 saturated carbocycles. The highest BCUT2D eigenvalue weighted by molar-refractivity contribution is 7.92. The van der Waals surface area contributed by atoms with Crippen molar-refractivity contribution in [2.24, 2.45) is 5.92 Å². The van der Waals surface area contributed by atoms with Crippen molar-refractivity contribution in [3.63, 3.8) is 0 Å². The Morgan fingerprint density at radius 2 is 1.74 bits per heavy atom. The number of nitrogens with one attached hydrogen (secondary N) is 1. The molecule has 0 radical (unpaired) electrons. The third-order valence-electron chi connectivity index (χ3n) is 5.59. The number of anilines is 1. The van der Waals surface area contributed by atoms with Crippen LogP contribution in [0.15, 0.2) is 48.5 Å². The van der Waals surface area contributed by atoms with E-state index in [0.29, 0.717) is 17.8 Å². The Kier molecular flexibility index (Phi) is 10.2. The summed E-state index contributed by atoms with van der Waals surface area (Å²) in [6.07, 6.45) is 1.38. The van der Waals surface area contributed by atoms with Gasteiger partial charge < -0.3 is 10.2 Å². The molecule has 2 aromatic carbocycles. The zero-order valence-electron chi connectivity index (χ0n) is 21.1. The van der Waals surface area contributed by atoms with E-state index in [-0.39, 0.29) is 43.7 Å². The van der Waals surface area contributed by atoms with Gasteiger partial charge in [-0.25, -0.2) is 12.8 Å². The molecule has 0 aliphatic rings. The van der Waals surface area contributed by atoms with Crippen molar-refractivity contribution in [2.75, 3.05) is 23.7 Å². The molecule has 35 heavy (non-hydrogen) atoms. The second-order valence-electron chi connectivity index (χ2n) is 9.21. The van der Waals surface area contributed by atoms with Gasteiger partial charge in [0, 0.05) is 31.6 Å².